The van der Waals surface area contributed by atoms with E-state index in [2.05, 4.69) is 15.3 Å². The summed E-state index contributed by atoms with van der Waals surface area (Å²) in [6.45, 7) is 2.32. The molecule has 0 aliphatic heterocycles. The van der Waals surface area contributed by atoms with Crippen LogP contribution in [0.2, 0.25) is 0 Å². The SMILES string of the molecule is CCOC(=O)c1csc(CNC(=O)c2ccc3cc[nH]c3c2)n1. The molecule has 0 spiro atoms. The maximum Gasteiger partial charge on any atom is 0.357 e. The van der Waals surface area contributed by atoms with Gasteiger partial charge in [-0.05, 0) is 30.5 Å². The fourth-order valence-electron chi connectivity index (χ4n) is 2.14. The predicted octanol–water partition coefficient (Wildman–Crippen LogP) is 2.73. The standard InChI is InChI=1S/C16H15N3O3S/c1-2-22-16(21)13-9-23-14(19-13)8-18-15(20)11-4-3-10-5-6-17-12(10)7-11/h3-7,9,17H,2,8H2,1H3,(H,18,20). The van der Waals surface area contributed by atoms with Crippen LogP contribution in [-0.4, -0.2) is 28.5 Å². The molecule has 0 atom stereocenters. The van der Waals surface area contributed by atoms with E-state index in [1.165, 1.54) is 11.3 Å². The maximum absolute atomic E-state index is 12.2. The monoisotopic (exact) mass is 329 g/mol. The van der Waals surface area contributed by atoms with Gasteiger partial charge in [0.1, 0.15) is 5.01 Å². The minimum Gasteiger partial charge on any atom is -0.461 e. The molecule has 0 unspecified atom stereocenters. The summed E-state index contributed by atoms with van der Waals surface area (Å²) in [5.74, 6) is -0.632. The predicted molar refractivity (Wildman–Crippen MR) is 87.5 cm³/mol. The van der Waals surface area contributed by atoms with E-state index in [9.17, 15) is 9.59 Å². The first kappa shape index (κ1) is 15.2. The fraction of sp³-hybridized carbons (Fsp3) is 0.188. The van der Waals surface area contributed by atoms with E-state index in [0.717, 1.165) is 10.9 Å². The van der Waals surface area contributed by atoms with Crippen molar-refractivity contribution in [3.8, 4) is 0 Å². The van der Waals surface area contributed by atoms with Crippen molar-refractivity contribution < 1.29 is 14.3 Å². The van der Waals surface area contributed by atoms with Gasteiger partial charge in [-0.2, -0.15) is 0 Å². The second-order valence-corrected chi connectivity index (χ2v) is 5.75. The smallest absolute Gasteiger partial charge is 0.357 e. The van der Waals surface area contributed by atoms with Crippen LogP contribution in [0.4, 0.5) is 0 Å². The summed E-state index contributed by atoms with van der Waals surface area (Å²) in [5.41, 5.74) is 1.76. The quantitative estimate of drug-likeness (QED) is 0.705. The van der Waals surface area contributed by atoms with Crippen molar-refractivity contribution in [2.75, 3.05) is 6.61 Å². The molecule has 0 saturated carbocycles. The summed E-state index contributed by atoms with van der Waals surface area (Å²) in [5, 5.41) is 6.14. The Balaban J connectivity index is 1.63. The average Bonchev–Trinajstić information content (AvgIpc) is 3.21. The van der Waals surface area contributed by atoms with Crippen LogP contribution in [0.3, 0.4) is 0 Å². The highest BCUT2D eigenvalue weighted by molar-refractivity contribution is 7.09. The summed E-state index contributed by atoms with van der Waals surface area (Å²) in [6.07, 6.45) is 1.83. The highest BCUT2D eigenvalue weighted by Crippen LogP contribution is 2.15. The van der Waals surface area contributed by atoms with Crippen molar-refractivity contribution in [2.45, 2.75) is 13.5 Å². The Morgan fingerprint density at radius 3 is 3.04 bits per heavy atom. The van der Waals surface area contributed by atoms with Gasteiger partial charge >= 0.3 is 5.97 Å². The number of amides is 1. The van der Waals surface area contributed by atoms with Crippen LogP contribution in [0.1, 0.15) is 32.8 Å². The lowest BCUT2D eigenvalue weighted by Gasteiger charge is -2.03. The molecule has 2 N–H and O–H groups in total. The molecule has 2 aromatic heterocycles. The number of carbonyl (C=O) groups excluding carboxylic acids is 2. The topological polar surface area (TPSA) is 84.1 Å². The molecule has 0 fully saturated rings. The number of esters is 1. The molecule has 0 aliphatic carbocycles. The Hall–Kier alpha value is -2.67. The second-order valence-electron chi connectivity index (χ2n) is 4.81. The Kier molecular flexibility index (Phi) is 4.38. The Bertz CT molecular complexity index is 853. The number of aromatic amines is 1. The summed E-state index contributed by atoms with van der Waals surface area (Å²) >= 11 is 1.31. The zero-order valence-electron chi connectivity index (χ0n) is 12.5. The molecule has 0 bridgehead atoms. The minimum absolute atomic E-state index is 0.186. The van der Waals surface area contributed by atoms with E-state index in [0.29, 0.717) is 17.2 Å². The van der Waals surface area contributed by atoms with Crippen molar-refractivity contribution in [1.82, 2.24) is 15.3 Å². The van der Waals surface area contributed by atoms with E-state index in [1.54, 1.807) is 24.4 Å². The summed E-state index contributed by atoms with van der Waals surface area (Å²) in [6, 6.07) is 7.42. The van der Waals surface area contributed by atoms with Gasteiger partial charge in [0.15, 0.2) is 5.69 Å². The molecule has 1 amide bonds. The van der Waals surface area contributed by atoms with Gasteiger partial charge in [0, 0.05) is 22.7 Å². The molecule has 6 nitrogen and oxygen atoms in total. The molecule has 23 heavy (non-hydrogen) atoms. The summed E-state index contributed by atoms with van der Waals surface area (Å²) < 4.78 is 4.88. The molecule has 0 radical (unpaired) electrons. The van der Waals surface area contributed by atoms with Gasteiger partial charge in [0.2, 0.25) is 0 Å². The average molecular weight is 329 g/mol. The zero-order valence-corrected chi connectivity index (χ0v) is 13.3. The van der Waals surface area contributed by atoms with E-state index in [4.69, 9.17) is 4.74 Å². The molecule has 1 aromatic carbocycles. The largest absolute Gasteiger partial charge is 0.461 e. The third kappa shape index (κ3) is 3.40. The first-order valence-corrected chi connectivity index (χ1v) is 8.02. The van der Waals surface area contributed by atoms with Crippen molar-refractivity contribution in [1.29, 1.82) is 0 Å². The normalized spacial score (nSPS) is 10.7. The van der Waals surface area contributed by atoms with Gasteiger partial charge < -0.3 is 15.0 Å². The first-order valence-electron chi connectivity index (χ1n) is 7.14. The summed E-state index contributed by atoms with van der Waals surface area (Å²) in [4.78, 5) is 31.0. The Labute approximate surface area is 136 Å². The van der Waals surface area contributed by atoms with Crippen LogP contribution in [-0.2, 0) is 11.3 Å². The van der Waals surface area contributed by atoms with Gasteiger partial charge in [-0.15, -0.1) is 11.3 Å². The minimum atomic E-state index is -0.446. The highest BCUT2D eigenvalue weighted by Gasteiger charge is 2.12. The van der Waals surface area contributed by atoms with Gasteiger partial charge in [-0.25, -0.2) is 9.78 Å². The third-order valence-corrected chi connectivity index (χ3v) is 4.10. The molecule has 3 aromatic rings. The molecular formula is C16H15N3O3S. The van der Waals surface area contributed by atoms with Gasteiger partial charge in [0.05, 0.1) is 13.2 Å². The number of ether oxygens (including phenoxy) is 1. The van der Waals surface area contributed by atoms with Crippen LogP contribution in [0, 0.1) is 0 Å². The Morgan fingerprint density at radius 2 is 2.22 bits per heavy atom. The number of benzene rings is 1. The third-order valence-electron chi connectivity index (χ3n) is 3.25. The summed E-state index contributed by atoms with van der Waals surface area (Å²) in [7, 11) is 0. The molecule has 2 heterocycles. The zero-order chi connectivity index (χ0) is 16.2. The number of hydrogen-bond donors (Lipinski definition) is 2. The first-order chi connectivity index (χ1) is 11.2. The number of nitrogens with zero attached hydrogens (tertiary/aromatic N) is 1. The molecule has 0 aliphatic rings. The molecule has 118 valence electrons. The van der Waals surface area contributed by atoms with E-state index < -0.39 is 5.97 Å². The highest BCUT2D eigenvalue weighted by atomic mass is 32.1. The van der Waals surface area contributed by atoms with Crippen LogP contribution in [0.15, 0.2) is 35.8 Å². The number of nitrogens with one attached hydrogen (secondary N) is 2. The molecule has 7 heteroatoms. The number of aromatic nitrogens is 2. The van der Waals surface area contributed by atoms with Gasteiger partial charge in [-0.3, -0.25) is 4.79 Å². The van der Waals surface area contributed by atoms with Crippen LogP contribution in [0.25, 0.3) is 10.9 Å². The van der Waals surface area contributed by atoms with Crippen LogP contribution < -0.4 is 5.32 Å². The van der Waals surface area contributed by atoms with Gasteiger partial charge in [-0.1, -0.05) is 6.07 Å². The van der Waals surface area contributed by atoms with E-state index in [1.807, 2.05) is 18.3 Å². The number of rotatable bonds is 5. The van der Waals surface area contributed by atoms with Crippen LogP contribution in [0.5, 0.6) is 0 Å². The lowest BCUT2D eigenvalue weighted by Crippen LogP contribution is -2.22. The van der Waals surface area contributed by atoms with Crippen LogP contribution >= 0.6 is 11.3 Å². The van der Waals surface area contributed by atoms with Crippen molar-refractivity contribution >= 4 is 34.1 Å². The van der Waals surface area contributed by atoms with E-state index >= 15 is 0 Å². The fourth-order valence-corrected chi connectivity index (χ4v) is 2.84. The molecule has 0 saturated heterocycles. The second kappa shape index (κ2) is 6.62. The van der Waals surface area contributed by atoms with Gasteiger partial charge in [0.25, 0.3) is 5.91 Å². The molecular weight excluding hydrogens is 314 g/mol. The van der Waals surface area contributed by atoms with Crippen molar-refractivity contribution in [2.24, 2.45) is 0 Å². The number of hydrogen-bond acceptors (Lipinski definition) is 5. The lowest BCUT2D eigenvalue weighted by molar-refractivity contribution is 0.0520. The van der Waals surface area contributed by atoms with E-state index in [-0.39, 0.29) is 18.1 Å². The maximum atomic E-state index is 12.2. The van der Waals surface area contributed by atoms with Crippen molar-refractivity contribution in [3.63, 3.8) is 0 Å². The number of H-pyrrole nitrogens is 1. The molecule has 3 rings (SSSR count). The number of thiazole rings is 1. The van der Waals surface area contributed by atoms with Crippen molar-refractivity contribution in [3.05, 3.63) is 52.1 Å². The number of carbonyl (C=O) groups is 2. The lowest BCUT2D eigenvalue weighted by atomic mass is 10.1. The Morgan fingerprint density at radius 1 is 1.35 bits per heavy atom. The number of fused-ring (bicyclic) bond motifs is 1.